The zero-order valence-corrected chi connectivity index (χ0v) is 11.6. The number of alkyl halides is 4. The molecule has 1 unspecified atom stereocenters. The molecule has 1 rings (SSSR count). The molecule has 0 aliphatic rings. The summed E-state index contributed by atoms with van der Waals surface area (Å²) in [4.78, 5) is 11.2. The Labute approximate surface area is 123 Å². The number of ether oxygens (including phenoxy) is 1. The zero-order valence-electron chi connectivity index (χ0n) is 10.8. The van der Waals surface area contributed by atoms with E-state index in [4.69, 9.17) is 5.73 Å². The monoisotopic (exact) mass is 333 g/mol. The highest BCUT2D eigenvalue weighted by atomic mass is 35.5. The van der Waals surface area contributed by atoms with Crippen LogP contribution in [0.25, 0.3) is 0 Å². The first-order valence-electron chi connectivity index (χ1n) is 5.61. The van der Waals surface area contributed by atoms with E-state index in [0.717, 1.165) is 0 Å². The van der Waals surface area contributed by atoms with Gasteiger partial charge in [0.25, 0.3) is 0 Å². The molecule has 0 fully saturated rings. The minimum absolute atomic E-state index is 0. The molecule has 2 N–H and O–H groups in total. The maximum Gasteiger partial charge on any atom is 0.416 e. The van der Waals surface area contributed by atoms with E-state index < -0.39 is 41.3 Å². The summed E-state index contributed by atoms with van der Waals surface area (Å²) in [5.74, 6) is -2.41. The van der Waals surface area contributed by atoms with Gasteiger partial charge >= 0.3 is 12.1 Å². The first-order valence-corrected chi connectivity index (χ1v) is 5.61. The summed E-state index contributed by atoms with van der Waals surface area (Å²) in [6, 6.07) is -0.486. The number of carbonyl (C=O) groups excluding carboxylic acids is 1. The van der Waals surface area contributed by atoms with E-state index in [1.54, 1.807) is 0 Å². The Kier molecular flexibility index (Phi) is 7.05. The first kappa shape index (κ1) is 19.6. The van der Waals surface area contributed by atoms with Crippen LogP contribution in [0.3, 0.4) is 0 Å². The second kappa shape index (κ2) is 7.56. The molecule has 9 heteroatoms. The van der Waals surface area contributed by atoms with Crippen molar-refractivity contribution in [3.8, 4) is 0 Å². The van der Waals surface area contributed by atoms with Crippen molar-refractivity contribution in [2.75, 3.05) is 6.61 Å². The van der Waals surface area contributed by atoms with Crippen LogP contribution < -0.4 is 5.73 Å². The summed E-state index contributed by atoms with van der Waals surface area (Å²) in [7, 11) is 0. The van der Waals surface area contributed by atoms with Crippen molar-refractivity contribution in [3.63, 3.8) is 0 Å². The lowest BCUT2D eigenvalue weighted by atomic mass is 9.97. The summed E-state index contributed by atoms with van der Waals surface area (Å²) < 4.78 is 69.3. The summed E-state index contributed by atoms with van der Waals surface area (Å²) in [5.41, 5.74) is 3.17. The van der Waals surface area contributed by atoms with Crippen LogP contribution in [0, 0.1) is 5.82 Å². The van der Waals surface area contributed by atoms with Crippen molar-refractivity contribution in [1.29, 1.82) is 0 Å². The molecule has 1 aromatic carbocycles. The Hall–Kier alpha value is -1.41. The molecule has 0 heterocycles. The van der Waals surface area contributed by atoms with Gasteiger partial charge in [0.1, 0.15) is 5.82 Å². The number of hydrogen-bond acceptors (Lipinski definition) is 3. The van der Waals surface area contributed by atoms with E-state index in [-0.39, 0.29) is 19.0 Å². The molecule has 21 heavy (non-hydrogen) atoms. The molecule has 1 aromatic rings. The van der Waals surface area contributed by atoms with Crippen molar-refractivity contribution >= 4 is 18.4 Å². The summed E-state index contributed by atoms with van der Waals surface area (Å²) >= 11 is 0. The van der Waals surface area contributed by atoms with Gasteiger partial charge in [-0.2, -0.15) is 13.2 Å². The SMILES string of the molecule is CCOC(=O)C(F)[C@@H](N)c1cc(F)ccc1C(F)(F)F.Cl. The molecule has 0 bridgehead atoms. The van der Waals surface area contributed by atoms with E-state index in [1.165, 1.54) is 6.92 Å². The normalized spacial score (nSPS) is 14.0. The quantitative estimate of drug-likeness (QED) is 0.680. The molecule has 0 aliphatic heterocycles. The highest BCUT2D eigenvalue weighted by Crippen LogP contribution is 2.35. The highest BCUT2D eigenvalue weighted by Gasteiger charge is 2.38. The molecule has 3 nitrogen and oxygen atoms in total. The van der Waals surface area contributed by atoms with Gasteiger partial charge in [-0.3, -0.25) is 0 Å². The van der Waals surface area contributed by atoms with E-state index >= 15 is 0 Å². The number of rotatable bonds is 4. The summed E-state index contributed by atoms with van der Waals surface area (Å²) in [5, 5.41) is 0. The Bertz CT molecular complexity index is 495. The van der Waals surface area contributed by atoms with Gasteiger partial charge in [-0.25, -0.2) is 13.6 Å². The second-order valence-corrected chi connectivity index (χ2v) is 3.91. The number of benzene rings is 1. The van der Waals surface area contributed by atoms with E-state index in [0.29, 0.717) is 18.2 Å². The number of halogens is 6. The Morgan fingerprint density at radius 1 is 1.38 bits per heavy atom. The maximum atomic E-state index is 13.7. The summed E-state index contributed by atoms with van der Waals surface area (Å²) in [6.07, 6.45) is -7.35. The topological polar surface area (TPSA) is 52.3 Å². The van der Waals surface area contributed by atoms with Gasteiger partial charge in [0.05, 0.1) is 18.2 Å². The van der Waals surface area contributed by atoms with Gasteiger partial charge in [-0.1, -0.05) is 0 Å². The number of nitrogens with two attached hydrogens (primary N) is 1. The number of carbonyl (C=O) groups is 1. The van der Waals surface area contributed by atoms with Gasteiger partial charge in [0.15, 0.2) is 0 Å². The lowest BCUT2D eigenvalue weighted by Gasteiger charge is -2.20. The van der Waals surface area contributed by atoms with E-state index in [1.807, 2.05) is 0 Å². The van der Waals surface area contributed by atoms with Crippen LogP contribution in [0.4, 0.5) is 22.0 Å². The second-order valence-electron chi connectivity index (χ2n) is 3.91. The van der Waals surface area contributed by atoms with Crippen LogP contribution >= 0.6 is 12.4 Å². The molecule has 0 radical (unpaired) electrons. The third-order valence-electron chi connectivity index (χ3n) is 2.51. The van der Waals surface area contributed by atoms with Gasteiger partial charge in [0.2, 0.25) is 6.17 Å². The van der Waals surface area contributed by atoms with Crippen molar-refractivity contribution < 1.29 is 31.5 Å². The molecule has 0 aliphatic carbocycles. The van der Waals surface area contributed by atoms with Crippen molar-refractivity contribution in [2.45, 2.75) is 25.3 Å². The number of esters is 1. The van der Waals surface area contributed by atoms with Gasteiger partial charge in [-0.15, -0.1) is 12.4 Å². The molecule has 0 amide bonds. The fourth-order valence-electron chi connectivity index (χ4n) is 1.59. The van der Waals surface area contributed by atoms with Crippen LogP contribution in [0.2, 0.25) is 0 Å². The lowest BCUT2D eigenvalue weighted by molar-refractivity contribution is -0.150. The predicted molar refractivity (Wildman–Crippen MR) is 67.1 cm³/mol. The predicted octanol–water partition coefficient (Wildman–Crippen LogP) is 3.17. The Morgan fingerprint density at radius 2 is 1.95 bits per heavy atom. The smallest absolute Gasteiger partial charge is 0.416 e. The van der Waals surface area contributed by atoms with Gasteiger partial charge in [-0.05, 0) is 30.7 Å². The average Bonchev–Trinajstić information content (AvgIpc) is 2.35. The van der Waals surface area contributed by atoms with Crippen LogP contribution in [-0.2, 0) is 15.7 Å². The molecule has 2 atom stereocenters. The highest BCUT2D eigenvalue weighted by molar-refractivity contribution is 5.85. The third-order valence-corrected chi connectivity index (χ3v) is 2.51. The Morgan fingerprint density at radius 3 is 2.43 bits per heavy atom. The largest absolute Gasteiger partial charge is 0.464 e. The lowest BCUT2D eigenvalue weighted by Crippen LogP contribution is -2.33. The van der Waals surface area contributed by atoms with E-state index in [9.17, 15) is 26.7 Å². The van der Waals surface area contributed by atoms with Gasteiger partial charge in [0, 0.05) is 0 Å². The first-order chi connectivity index (χ1) is 9.18. The molecular weight excluding hydrogens is 321 g/mol. The minimum atomic E-state index is -4.84. The Balaban J connectivity index is 0.00000400. The molecule has 0 saturated heterocycles. The maximum absolute atomic E-state index is 13.7. The molecule has 0 saturated carbocycles. The minimum Gasteiger partial charge on any atom is -0.464 e. The van der Waals surface area contributed by atoms with Crippen molar-refractivity contribution in [3.05, 3.63) is 35.1 Å². The van der Waals surface area contributed by atoms with E-state index in [2.05, 4.69) is 4.74 Å². The standard InChI is InChI=1S/C12H12F5NO2.ClH/c1-2-20-11(19)9(14)10(18)7-5-6(13)3-4-8(7)12(15,16)17;/h3-5,9-10H,2,18H2,1H3;1H/t9?,10-;/m0./s1. The zero-order chi connectivity index (χ0) is 15.5. The van der Waals surface area contributed by atoms with Crippen LogP contribution in [0.5, 0.6) is 0 Å². The van der Waals surface area contributed by atoms with Crippen LogP contribution in [-0.4, -0.2) is 18.7 Å². The van der Waals surface area contributed by atoms with Crippen molar-refractivity contribution in [2.24, 2.45) is 5.73 Å². The fourth-order valence-corrected chi connectivity index (χ4v) is 1.59. The molecule has 0 spiro atoms. The molecule has 0 aromatic heterocycles. The number of hydrogen-bond donors (Lipinski definition) is 1. The molecule has 120 valence electrons. The fraction of sp³-hybridized carbons (Fsp3) is 0.417. The average molecular weight is 334 g/mol. The van der Waals surface area contributed by atoms with Gasteiger partial charge < -0.3 is 10.5 Å². The van der Waals surface area contributed by atoms with Crippen LogP contribution in [0.1, 0.15) is 24.1 Å². The van der Waals surface area contributed by atoms with Crippen molar-refractivity contribution in [1.82, 2.24) is 0 Å². The van der Waals surface area contributed by atoms with Crippen LogP contribution in [0.15, 0.2) is 18.2 Å². The summed E-state index contributed by atoms with van der Waals surface area (Å²) in [6.45, 7) is 1.25. The third kappa shape index (κ3) is 4.82. The molecular formula is C12H13ClF5NO2.